The Morgan fingerprint density at radius 2 is 2.00 bits per heavy atom. The number of carbonyl (C=O) groups is 1. The number of carbonyl (C=O) groups excluding carboxylic acids is 1. The standard InChI is InChI=1S/C11H23N3O/c1-4-5-10(12)11(15)14-6-8(2)13-9(3)7-14/h8-10,13H,4-7,12H2,1-3H3. The average molecular weight is 213 g/mol. The number of piperazine rings is 1. The molecule has 0 saturated carbocycles. The molecule has 88 valence electrons. The SMILES string of the molecule is CCCC(N)C(=O)N1CC(C)NC(C)C1. The summed E-state index contributed by atoms with van der Waals surface area (Å²) in [4.78, 5) is 13.8. The van der Waals surface area contributed by atoms with Gasteiger partial charge < -0.3 is 16.0 Å². The average Bonchev–Trinajstić information content (AvgIpc) is 2.15. The van der Waals surface area contributed by atoms with E-state index in [9.17, 15) is 4.79 Å². The normalized spacial score (nSPS) is 28.9. The van der Waals surface area contributed by atoms with E-state index < -0.39 is 0 Å². The van der Waals surface area contributed by atoms with Crippen molar-refractivity contribution in [2.75, 3.05) is 13.1 Å². The zero-order valence-electron chi connectivity index (χ0n) is 9.99. The Labute approximate surface area is 92.2 Å². The lowest BCUT2D eigenvalue weighted by atomic mass is 10.1. The van der Waals surface area contributed by atoms with Crippen LogP contribution < -0.4 is 11.1 Å². The van der Waals surface area contributed by atoms with Gasteiger partial charge in [0.25, 0.3) is 0 Å². The molecule has 1 rings (SSSR count). The third kappa shape index (κ3) is 3.47. The third-order valence-corrected chi connectivity index (χ3v) is 2.79. The fourth-order valence-electron chi connectivity index (χ4n) is 2.18. The molecule has 0 bridgehead atoms. The number of rotatable bonds is 3. The largest absolute Gasteiger partial charge is 0.338 e. The fourth-order valence-corrected chi connectivity index (χ4v) is 2.18. The Hall–Kier alpha value is -0.610. The number of nitrogens with zero attached hydrogens (tertiary/aromatic N) is 1. The van der Waals surface area contributed by atoms with Crippen LogP contribution in [0.2, 0.25) is 0 Å². The van der Waals surface area contributed by atoms with Crippen LogP contribution in [-0.2, 0) is 4.79 Å². The van der Waals surface area contributed by atoms with Gasteiger partial charge in [0.1, 0.15) is 0 Å². The van der Waals surface area contributed by atoms with Crippen molar-refractivity contribution < 1.29 is 4.79 Å². The molecule has 1 fully saturated rings. The van der Waals surface area contributed by atoms with Gasteiger partial charge in [0.05, 0.1) is 6.04 Å². The molecule has 1 saturated heterocycles. The maximum Gasteiger partial charge on any atom is 0.239 e. The molecular weight excluding hydrogens is 190 g/mol. The molecule has 0 aliphatic carbocycles. The van der Waals surface area contributed by atoms with Crippen molar-refractivity contribution in [2.45, 2.75) is 51.7 Å². The highest BCUT2D eigenvalue weighted by Gasteiger charge is 2.27. The van der Waals surface area contributed by atoms with E-state index >= 15 is 0 Å². The molecule has 15 heavy (non-hydrogen) atoms. The van der Waals surface area contributed by atoms with Gasteiger partial charge in [-0.05, 0) is 20.3 Å². The zero-order chi connectivity index (χ0) is 11.4. The molecule has 0 aromatic heterocycles. The summed E-state index contributed by atoms with van der Waals surface area (Å²) in [6, 6.07) is 0.422. The van der Waals surface area contributed by atoms with Crippen molar-refractivity contribution in [2.24, 2.45) is 5.73 Å². The lowest BCUT2D eigenvalue weighted by Gasteiger charge is -2.37. The van der Waals surface area contributed by atoms with E-state index in [-0.39, 0.29) is 11.9 Å². The van der Waals surface area contributed by atoms with Crippen molar-refractivity contribution in [3.63, 3.8) is 0 Å². The van der Waals surface area contributed by atoms with E-state index in [1.165, 1.54) is 0 Å². The lowest BCUT2D eigenvalue weighted by molar-refractivity contribution is -0.134. The minimum absolute atomic E-state index is 0.108. The molecule has 4 nitrogen and oxygen atoms in total. The van der Waals surface area contributed by atoms with Crippen LogP contribution in [0.25, 0.3) is 0 Å². The first-order valence-corrected chi connectivity index (χ1v) is 5.85. The number of hydrogen-bond donors (Lipinski definition) is 2. The van der Waals surface area contributed by atoms with E-state index in [2.05, 4.69) is 26.1 Å². The summed E-state index contributed by atoms with van der Waals surface area (Å²) in [5.41, 5.74) is 5.84. The van der Waals surface area contributed by atoms with Crippen molar-refractivity contribution in [3.8, 4) is 0 Å². The van der Waals surface area contributed by atoms with Crippen LogP contribution in [0.15, 0.2) is 0 Å². The molecule has 0 radical (unpaired) electrons. The summed E-state index contributed by atoms with van der Waals surface area (Å²) in [7, 11) is 0. The number of nitrogens with two attached hydrogens (primary N) is 1. The minimum Gasteiger partial charge on any atom is -0.338 e. The summed E-state index contributed by atoms with van der Waals surface area (Å²) < 4.78 is 0. The second-order valence-corrected chi connectivity index (χ2v) is 4.61. The lowest BCUT2D eigenvalue weighted by Crippen LogP contribution is -2.58. The maximum absolute atomic E-state index is 12.0. The van der Waals surface area contributed by atoms with Crippen molar-refractivity contribution in [1.29, 1.82) is 0 Å². The third-order valence-electron chi connectivity index (χ3n) is 2.79. The van der Waals surface area contributed by atoms with Gasteiger partial charge in [-0.15, -0.1) is 0 Å². The summed E-state index contributed by atoms with van der Waals surface area (Å²) in [5, 5.41) is 3.40. The second-order valence-electron chi connectivity index (χ2n) is 4.61. The molecule has 0 spiro atoms. The number of hydrogen-bond acceptors (Lipinski definition) is 3. The Morgan fingerprint density at radius 3 is 2.47 bits per heavy atom. The number of nitrogens with one attached hydrogen (secondary N) is 1. The van der Waals surface area contributed by atoms with Crippen molar-refractivity contribution in [1.82, 2.24) is 10.2 Å². The number of amides is 1. The summed E-state index contributed by atoms with van der Waals surface area (Å²) in [6.45, 7) is 7.81. The Bertz CT molecular complexity index is 210. The van der Waals surface area contributed by atoms with Crippen LogP contribution in [0, 0.1) is 0 Å². The predicted molar refractivity (Wildman–Crippen MR) is 61.5 cm³/mol. The van der Waals surface area contributed by atoms with Crippen LogP contribution in [0.5, 0.6) is 0 Å². The van der Waals surface area contributed by atoms with Crippen LogP contribution in [-0.4, -0.2) is 42.0 Å². The molecule has 1 heterocycles. The zero-order valence-corrected chi connectivity index (χ0v) is 9.99. The molecule has 0 aromatic rings. The van der Waals surface area contributed by atoms with Crippen LogP contribution in [0.4, 0.5) is 0 Å². The topological polar surface area (TPSA) is 58.4 Å². The predicted octanol–water partition coefficient (Wildman–Crippen LogP) is 0.323. The van der Waals surface area contributed by atoms with Crippen LogP contribution >= 0.6 is 0 Å². The minimum atomic E-state index is -0.313. The van der Waals surface area contributed by atoms with Crippen LogP contribution in [0.3, 0.4) is 0 Å². The van der Waals surface area contributed by atoms with Gasteiger partial charge >= 0.3 is 0 Å². The van der Waals surface area contributed by atoms with Gasteiger partial charge in [-0.3, -0.25) is 4.79 Å². The maximum atomic E-state index is 12.0. The van der Waals surface area contributed by atoms with Crippen molar-refractivity contribution >= 4 is 5.91 Å². The van der Waals surface area contributed by atoms with Gasteiger partial charge in [0.2, 0.25) is 5.91 Å². The highest BCUT2D eigenvalue weighted by atomic mass is 16.2. The van der Waals surface area contributed by atoms with E-state index in [0.29, 0.717) is 12.1 Å². The van der Waals surface area contributed by atoms with Gasteiger partial charge in [-0.2, -0.15) is 0 Å². The summed E-state index contributed by atoms with van der Waals surface area (Å²) in [6.07, 6.45) is 1.75. The monoisotopic (exact) mass is 213 g/mol. The highest BCUT2D eigenvalue weighted by Crippen LogP contribution is 2.07. The van der Waals surface area contributed by atoms with E-state index in [4.69, 9.17) is 5.73 Å². The first-order chi connectivity index (χ1) is 7.04. The van der Waals surface area contributed by atoms with Gasteiger partial charge in [0.15, 0.2) is 0 Å². The van der Waals surface area contributed by atoms with Gasteiger partial charge in [-0.1, -0.05) is 13.3 Å². The van der Waals surface area contributed by atoms with E-state index in [1.807, 2.05) is 4.90 Å². The molecule has 0 aromatic carbocycles. The molecule has 1 amide bonds. The van der Waals surface area contributed by atoms with Gasteiger partial charge in [0, 0.05) is 25.2 Å². The Balaban J connectivity index is 2.51. The van der Waals surface area contributed by atoms with Crippen LogP contribution in [0.1, 0.15) is 33.6 Å². The van der Waals surface area contributed by atoms with Gasteiger partial charge in [-0.25, -0.2) is 0 Å². The molecule has 3 atom stereocenters. The van der Waals surface area contributed by atoms with Crippen molar-refractivity contribution in [3.05, 3.63) is 0 Å². The smallest absolute Gasteiger partial charge is 0.239 e. The Kier molecular flexibility index (Phi) is 4.54. The second kappa shape index (κ2) is 5.47. The molecule has 4 heteroatoms. The molecule has 3 N–H and O–H groups in total. The first kappa shape index (κ1) is 12.5. The molecule has 1 aliphatic heterocycles. The van der Waals surface area contributed by atoms with E-state index in [1.54, 1.807) is 0 Å². The molecular formula is C11H23N3O. The quantitative estimate of drug-likeness (QED) is 0.710. The highest BCUT2D eigenvalue weighted by molar-refractivity contribution is 5.81. The molecule has 1 aliphatic rings. The van der Waals surface area contributed by atoms with E-state index in [0.717, 1.165) is 25.9 Å². The Morgan fingerprint density at radius 1 is 1.47 bits per heavy atom. The summed E-state index contributed by atoms with van der Waals surface area (Å²) >= 11 is 0. The first-order valence-electron chi connectivity index (χ1n) is 5.85. The summed E-state index contributed by atoms with van der Waals surface area (Å²) in [5.74, 6) is 0.108. The fraction of sp³-hybridized carbons (Fsp3) is 0.909. The molecule has 3 unspecified atom stereocenters.